The summed E-state index contributed by atoms with van der Waals surface area (Å²) in [4.78, 5) is 0. The minimum Gasteiger partial charge on any atom is -0.349 e. The molecule has 2 rings (SSSR count). The Bertz CT molecular complexity index is 356. The van der Waals surface area contributed by atoms with Crippen molar-refractivity contribution in [1.82, 2.24) is 5.32 Å². The predicted octanol–water partition coefficient (Wildman–Crippen LogP) is 0.305. The molecule has 1 N–H and O–H groups in total. The van der Waals surface area contributed by atoms with Crippen LogP contribution in [0.25, 0.3) is 0 Å². The maximum atomic E-state index is 11.6. The van der Waals surface area contributed by atoms with E-state index >= 15 is 0 Å². The van der Waals surface area contributed by atoms with E-state index in [0.717, 1.165) is 12.8 Å². The molecule has 100 valence electrons. The molecule has 1 unspecified atom stereocenters. The lowest BCUT2D eigenvalue weighted by Gasteiger charge is -2.35. The summed E-state index contributed by atoms with van der Waals surface area (Å²) in [6.07, 6.45) is 1.56. The van der Waals surface area contributed by atoms with Gasteiger partial charge >= 0.3 is 0 Å². The van der Waals surface area contributed by atoms with Crippen molar-refractivity contribution in [2.75, 3.05) is 25.5 Å². The maximum absolute atomic E-state index is 11.6. The zero-order chi connectivity index (χ0) is 12.5. The van der Waals surface area contributed by atoms with Crippen LogP contribution in [0.3, 0.4) is 0 Å². The highest BCUT2D eigenvalue weighted by atomic mass is 32.2. The molecule has 2 saturated heterocycles. The highest BCUT2D eigenvalue weighted by Crippen LogP contribution is 2.20. The third-order valence-electron chi connectivity index (χ3n) is 3.36. The van der Waals surface area contributed by atoms with Crippen LogP contribution in [0, 0.1) is 0 Å². The standard InChI is InChI=1S/C11H21NO4S/c1-11(2)15-7-9(8-16-11)12-6-10-4-3-5-17(10,13)14/h9-10,12H,3-8H2,1-2H3. The Kier molecular flexibility index (Phi) is 3.77. The van der Waals surface area contributed by atoms with Gasteiger partial charge in [-0.05, 0) is 26.7 Å². The Morgan fingerprint density at radius 3 is 2.47 bits per heavy atom. The molecule has 17 heavy (non-hydrogen) atoms. The molecule has 0 radical (unpaired) electrons. The number of nitrogens with one attached hydrogen (secondary N) is 1. The minimum absolute atomic E-state index is 0.0961. The van der Waals surface area contributed by atoms with Crippen molar-refractivity contribution in [2.24, 2.45) is 0 Å². The molecule has 2 aliphatic rings. The second-order valence-corrected chi connectivity index (χ2v) is 7.66. The van der Waals surface area contributed by atoms with E-state index in [1.54, 1.807) is 0 Å². The van der Waals surface area contributed by atoms with Gasteiger partial charge in [-0.15, -0.1) is 0 Å². The van der Waals surface area contributed by atoms with Crippen LogP contribution in [0.5, 0.6) is 0 Å². The first kappa shape index (κ1) is 13.3. The van der Waals surface area contributed by atoms with Crippen LogP contribution < -0.4 is 5.32 Å². The third kappa shape index (κ3) is 3.40. The quantitative estimate of drug-likeness (QED) is 0.793. The lowest BCUT2D eigenvalue weighted by Crippen LogP contribution is -2.50. The molecular weight excluding hydrogens is 242 g/mol. The molecule has 0 bridgehead atoms. The Labute approximate surface area is 103 Å². The fraction of sp³-hybridized carbons (Fsp3) is 1.00. The third-order valence-corrected chi connectivity index (χ3v) is 5.64. The van der Waals surface area contributed by atoms with Crippen molar-refractivity contribution in [3.8, 4) is 0 Å². The minimum atomic E-state index is -2.85. The summed E-state index contributed by atoms with van der Waals surface area (Å²) in [6.45, 7) is 5.41. The molecule has 0 aromatic rings. The number of hydrogen-bond donors (Lipinski definition) is 1. The van der Waals surface area contributed by atoms with Crippen LogP contribution in [0.1, 0.15) is 26.7 Å². The fourth-order valence-electron chi connectivity index (χ4n) is 2.20. The smallest absolute Gasteiger partial charge is 0.162 e. The van der Waals surface area contributed by atoms with Crippen LogP contribution in [0.2, 0.25) is 0 Å². The van der Waals surface area contributed by atoms with Gasteiger partial charge in [-0.1, -0.05) is 0 Å². The van der Waals surface area contributed by atoms with Crippen LogP contribution in [-0.2, 0) is 19.3 Å². The van der Waals surface area contributed by atoms with Gasteiger partial charge in [0.25, 0.3) is 0 Å². The monoisotopic (exact) mass is 263 g/mol. The van der Waals surface area contributed by atoms with E-state index in [-0.39, 0.29) is 11.3 Å². The zero-order valence-electron chi connectivity index (χ0n) is 10.4. The molecule has 0 aromatic heterocycles. The lowest BCUT2D eigenvalue weighted by molar-refractivity contribution is -0.252. The summed E-state index contributed by atoms with van der Waals surface area (Å²) in [6, 6.07) is 0.0961. The summed E-state index contributed by atoms with van der Waals surface area (Å²) in [5.74, 6) is -0.179. The number of ether oxygens (including phenoxy) is 2. The lowest BCUT2D eigenvalue weighted by atomic mass is 10.2. The average molecular weight is 263 g/mol. The molecular formula is C11H21NO4S. The van der Waals surface area contributed by atoms with E-state index in [0.29, 0.717) is 25.5 Å². The largest absolute Gasteiger partial charge is 0.349 e. The Morgan fingerprint density at radius 2 is 1.94 bits per heavy atom. The number of sulfone groups is 1. The van der Waals surface area contributed by atoms with Gasteiger partial charge in [0.2, 0.25) is 0 Å². The van der Waals surface area contributed by atoms with Gasteiger partial charge in [0.05, 0.1) is 30.3 Å². The van der Waals surface area contributed by atoms with E-state index in [1.165, 1.54) is 0 Å². The van der Waals surface area contributed by atoms with E-state index in [1.807, 2.05) is 13.8 Å². The number of hydrogen-bond acceptors (Lipinski definition) is 5. The van der Waals surface area contributed by atoms with Gasteiger partial charge < -0.3 is 14.8 Å². The molecule has 0 aromatic carbocycles. The molecule has 0 aliphatic carbocycles. The van der Waals surface area contributed by atoms with Crippen molar-refractivity contribution in [3.63, 3.8) is 0 Å². The highest BCUT2D eigenvalue weighted by Gasteiger charge is 2.33. The summed E-state index contributed by atoms with van der Waals surface area (Å²) in [5.41, 5.74) is 0. The second kappa shape index (κ2) is 4.84. The number of rotatable bonds is 3. The van der Waals surface area contributed by atoms with Gasteiger partial charge in [-0.3, -0.25) is 0 Å². The van der Waals surface area contributed by atoms with E-state index in [9.17, 15) is 8.42 Å². The van der Waals surface area contributed by atoms with E-state index < -0.39 is 15.6 Å². The molecule has 2 aliphatic heterocycles. The van der Waals surface area contributed by atoms with Crippen LogP contribution in [-0.4, -0.2) is 51.0 Å². The molecule has 5 nitrogen and oxygen atoms in total. The SMILES string of the molecule is CC1(C)OCC(NCC2CCCS2(=O)=O)CO1. The second-order valence-electron chi connectivity index (χ2n) is 5.26. The summed E-state index contributed by atoms with van der Waals surface area (Å²) in [7, 11) is -2.85. The van der Waals surface area contributed by atoms with Crippen molar-refractivity contribution >= 4 is 9.84 Å². The summed E-state index contributed by atoms with van der Waals surface area (Å²) in [5, 5.41) is 3.00. The van der Waals surface area contributed by atoms with Gasteiger partial charge in [0.1, 0.15) is 0 Å². The van der Waals surface area contributed by atoms with Crippen LogP contribution >= 0.6 is 0 Å². The van der Waals surface area contributed by atoms with Crippen molar-refractivity contribution in [3.05, 3.63) is 0 Å². The molecule has 2 fully saturated rings. The highest BCUT2D eigenvalue weighted by molar-refractivity contribution is 7.92. The van der Waals surface area contributed by atoms with Crippen LogP contribution in [0.4, 0.5) is 0 Å². The molecule has 0 spiro atoms. The Hall–Kier alpha value is -0.170. The molecule has 2 heterocycles. The first-order chi connectivity index (χ1) is 7.89. The molecule has 1 atom stereocenters. The molecule has 0 amide bonds. The normalized spacial score (nSPS) is 32.7. The van der Waals surface area contributed by atoms with Gasteiger partial charge in [-0.2, -0.15) is 0 Å². The van der Waals surface area contributed by atoms with Crippen LogP contribution in [0.15, 0.2) is 0 Å². The van der Waals surface area contributed by atoms with Crippen molar-refractivity contribution < 1.29 is 17.9 Å². The van der Waals surface area contributed by atoms with Crippen molar-refractivity contribution in [1.29, 1.82) is 0 Å². The first-order valence-electron chi connectivity index (χ1n) is 6.12. The van der Waals surface area contributed by atoms with Gasteiger partial charge in [0, 0.05) is 6.54 Å². The fourth-order valence-corrected chi connectivity index (χ4v) is 3.97. The average Bonchev–Trinajstić information content (AvgIpc) is 2.56. The zero-order valence-corrected chi connectivity index (χ0v) is 11.3. The van der Waals surface area contributed by atoms with E-state index in [2.05, 4.69) is 5.32 Å². The summed E-state index contributed by atoms with van der Waals surface area (Å²) < 4.78 is 34.3. The van der Waals surface area contributed by atoms with Gasteiger partial charge in [0.15, 0.2) is 15.6 Å². The van der Waals surface area contributed by atoms with Gasteiger partial charge in [-0.25, -0.2) is 8.42 Å². The topological polar surface area (TPSA) is 64.6 Å². The predicted molar refractivity (Wildman–Crippen MR) is 64.6 cm³/mol. The van der Waals surface area contributed by atoms with E-state index in [4.69, 9.17) is 9.47 Å². The molecule has 0 saturated carbocycles. The maximum Gasteiger partial charge on any atom is 0.162 e. The summed E-state index contributed by atoms with van der Waals surface area (Å²) >= 11 is 0. The Morgan fingerprint density at radius 1 is 1.29 bits per heavy atom. The first-order valence-corrected chi connectivity index (χ1v) is 7.83. The molecule has 6 heteroatoms. The Balaban J connectivity index is 1.76. The van der Waals surface area contributed by atoms with Crippen molar-refractivity contribution in [2.45, 2.75) is 43.8 Å².